The SMILES string of the molecule is Cn1ccc(C(=O)N2CCc3nc(NC(=O)C4CCN(C#N)C4)sc3C2)n1. The fraction of sp³-hybridized carbons (Fsp3) is 0.471. The zero-order valence-corrected chi connectivity index (χ0v) is 15.7. The van der Waals surface area contributed by atoms with E-state index in [4.69, 9.17) is 5.26 Å². The molecule has 4 heterocycles. The van der Waals surface area contributed by atoms with Crippen molar-refractivity contribution in [2.45, 2.75) is 19.4 Å². The second-order valence-corrected chi connectivity index (χ2v) is 7.84. The number of amides is 2. The number of likely N-dealkylation sites (tertiary alicyclic amines) is 1. The monoisotopic (exact) mass is 385 g/mol. The highest BCUT2D eigenvalue weighted by atomic mass is 32.1. The van der Waals surface area contributed by atoms with Gasteiger partial charge in [0.05, 0.1) is 18.2 Å². The van der Waals surface area contributed by atoms with E-state index in [2.05, 4.69) is 21.6 Å². The van der Waals surface area contributed by atoms with Gasteiger partial charge in [-0.2, -0.15) is 10.4 Å². The highest BCUT2D eigenvalue weighted by molar-refractivity contribution is 7.15. The lowest BCUT2D eigenvalue weighted by molar-refractivity contribution is -0.119. The van der Waals surface area contributed by atoms with Crippen molar-refractivity contribution < 1.29 is 9.59 Å². The van der Waals surface area contributed by atoms with E-state index in [1.165, 1.54) is 11.3 Å². The molecule has 1 N–H and O–H groups in total. The van der Waals surface area contributed by atoms with Gasteiger partial charge in [-0.1, -0.05) is 11.3 Å². The molecule has 0 aromatic carbocycles. The maximum absolute atomic E-state index is 12.6. The van der Waals surface area contributed by atoms with E-state index >= 15 is 0 Å². The molecule has 0 bridgehead atoms. The van der Waals surface area contributed by atoms with Crippen LogP contribution in [0, 0.1) is 17.4 Å². The molecule has 1 saturated heterocycles. The van der Waals surface area contributed by atoms with Gasteiger partial charge in [-0.3, -0.25) is 14.3 Å². The van der Waals surface area contributed by atoms with Crippen molar-refractivity contribution in [3.05, 3.63) is 28.5 Å². The standard InChI is InChI=1S/C17H19N7O2S/c1-22-5-3-13(21-22)16(26)24-7-4-12-14(9-24)27-17(19-12)20-15(25)11-2-6-23(8-11)10-18/h3,5,11H,2,4,6-9H2,1H3,(H,19,20,25). The highest BCUT2D eigenvalue weighted by Gasteiger charge is 2.30. The first-order valence-corrected chi connectivity index (χ1v) is 9.58. The minimum Gasteiger partial charge on any atom is -0.332 e. The van der Waals surface area contributed by atoms with Gasteiger partial charge in [0.1, 0.15) is 5.69 Å². The molecule has 2 aromatic rings. The number of nitriles is 1. The van der Waals surface area contributed by atoms with Gasteiger partial charge in [-0.25, -0.2) is 4.98 Å². The van der Waals surface area contributed by atoms with Crippen molar-refractivity contribution in [3.8, 4) is 6.19 Å². The van der Waals surface area contributed by atoms with Crippen molar-refractivity contribution in [2.75, 3.05) is 25.0 Å². The summed E-state index contributed by atoms with van der Waals surface area (Å²) >= 11 is 1.41. The van der Waals surface area contributed by atoms with E-state index in [0.29, 0.717) is 49.8 Å². The third-order valence-electron chi connectivity index (χ3n) is 4.88. The lowest BCUT2D eigenvalue weighted by atomic mass is 10.1. The number of thiazole rings is 1. The Bertz CT molecular complexity index is 928. The van der Waals surface area contributed by atoms with E-state index in [1.807, 2.05) is 0 Å². The molecular formula is C17H19N7O2S. The Morgan fingerprint density at radius 2 is 2.26 bits per heavy atom. The molecule has 1 atom stereocenters. The number of hydrogen-bond donors (Lipinski definition) is 1. The Kier molecular flexibility index (Phi) is 4.53. The number of rotatable bonds is 3. The summed E-state index contributed by atoms with van der Waals surface area (Å²) in [6, 6.07) is 1.71. The number of nitrogens with one attached hydrogen (secondary N) is 1. The summed E-state index contributed by atoms with van der Waals surface area (Å²) in [5, 5.41) is 16.5. The Morgan fingerprint density at radius 3 is 2.96 bits per heavy atom. The molecule has 27 heavy (non-hydrogen) atoms. The van der Waals surface area contributed by atoms with Gasteiger partial charge in [-0.15, -0.1) is 0 Å². The number of fused-ring (bicyclic) bond motifs is 1. The van der Waals surface area contributed by atoms with Crippen LogP contribution in [0.2, 0.25) is 0 Å². The second kappa shape index (κ2) is 7.00. The summed E-state index contributed by atoms with van der Waals surface area (Å²) in [6.45, 7) is 2.14. The fourth-order valence-corrected chi connectivity index (χ4v) is 4.41. The molecule has 2 amide bonds. The highest BCUT2D eigenvalue weighted by Crippen LogP contribution is 2.29. The number of anilines is 1. The largest absolute Gasteiger partial charge is 0.332 e. The van der Waals surface area contributed by atoms with Crippen molar-refractivity contribution in [2.24, 2.45) is 13.0 Å². The summed E-state index contributed by atoms with van der Waals surface area (Å²) in [6.07, 6.45) is 5.16. The number of carbonyl (C=O) groups is 2. The van der Waals surface area contributed by atoms with Crippen LogP contribution < -0.4 is 5.32 Å². The van der Waals surface area contributed by atoms with Gasteiger partial charge in [0.25, 0.3) is 5.91 Å². The number of carbonyl (C=O) groups excluding carboxylic acids is 2. The smallest absolute Gasteiger partial charge is 0.274 e. The van der Waals surface area contributed by atoms with E-state index < -0.39 is 0 Å². The second-order valence-electron chi connectivity index (χ2n) is 6.76. The van der Waals surface area contributed by atoms with Gasteiger partial charge < -0.3 is 15.1 Å². The van der Waals surface area contributed by atoms with E-state index in [1.54, 1.807) is 33.8 Å². The normalized spacial score (nSPS) is 18.9. The van der Waals surface area contributed by atoms with Crippen LogP contribution in [0.4, 0.5) is 5.13 Å². The third-order valence-corrected chi connectivity index (χ3v) is 5.88. The molecule has 1 unspecified atom stereocenters. The number of nitrogens with zero attached hydrogens (tertiary/aromatic N) is 6. The Balaban J connectivity index is 1.41. The minimum atomic E-state index is -0.187. The molecule has 0 aliphatic carbocycles. The van der Waals surface area contributed by atoms with Crippen LogP contribution in [0.25, 0.3) is 0 Å². The first-order chi connectivity index (χ1) is 13.0. The summed E-state index contributed by atoms with van der Waals surface area (Å²) in [4.78, 5) is 33.8. The van der Waals surface area contributed by atoms with Crippen LogP contribution in [0.5, 0.6) is 0 Å². The molecule has 1 fully saturated rings. The Morgan fingerprint density at radius 1 is 1.41 bits per heavy atom. The van der Waals surface area contributed by atoms with Crippen molar-refractivity contribution in [1.82, 2.24) is 24.6 Å². The molecule has 2 aliphatic heterocycles. The van der Waals surface area contributed by atoms with Crippen LogP contribution in [-0.4, -0.2) is 56.0 Å². The molecule has 9 nitrogen and oxygen atoms in total. The molecule has 2 aliphatic rings. The van der Waals surface area contributed by atoms with Crippen LogP contribution in [0.1, 0.15) is 27.5 Å². The van der Waals surface area contributed by atoms with Crippen molar-refractivity contribution >= 4 is 28.3 Å². The molecule has 0 saturated carbocycles. The predicted octanol–water partition coefficient (Wildman–Crippen LogP) is 0.817. The fourth-order valence-electron chi connectivity index (χ4n) is 3.39. The van der Waals surface area contributed by atoms with E-state index in [0.717, 1.165) is 10.6 Å². The van der Waals surface area contributed by atoms with Crippen molar-refractivity contribution in [3.63, 3.8) is 0 Å². The zero-order valence-electron chi connectivity index (χ0n) is 14.9. The summed E-state index contributed by atoms with van der Waals surface area (Å²) < 4.78 is 1.61. The quantitative estimate of drug-likeness (QED) is 0.784. The van der Waals surface area contributed by atoms with Crippen LogP contribution >= 0.6 is 11.3 Å². The van der Waals surface area contributed by atoms with Crippen molar-refractivity contribution in [1.29, 1.82) is 5.26 Å². The molecule has 140 valence electrons. The molecule has 10 heteroatoms. The summed E-state index contributed by atoms with van der Waals surface area (Å²) in [5.41, 5.74) is 1.37. The molecule has 0 radical (unpaired) electrons. The average molecular weight is 385 g/mol. The van der Waals surface area contributed by atoms with Crippen LogP contribution in [-0.2, 0) is 24.8 Å². The van der Waals surface area contributed by atoms with Crippen LogP contribution in [0.3, 0.4) is 0 Å². The van der Waals surface area contributed by atoms with Crippen LogP contribution in [0.15, 0.2) is 12.3 Å². The number of aromatic nitrogens is 3. The third kappa shape index (κ3) is 3.50. The lowest BCUT2D eigenvalue weighted by Gasteiger charge is -2.25. The summed E-state index contributed by atoms with van der Waals surface area (Å²) in [5.74, 6) is -0.379. The number of aryl methyl sites for hydroxylation is 1. The molecular weight excluding hydrogens is 366 g/mol. The molecule has 4 rings (SSSR count). The van der Waals surface area contributed by atoms with Gasteiger partial charge >= 0.3 is 0 Å². The Hall–Kier alpha value is -2.93. The predicted molar refractivity (Wildman–Crippen MR) is 97.7 cm³/mol. The Labute approximate surface area is 160 Å². The topological polar surface area (TPSA) is 107 Å². The van der Waals surface area contributed by atoms with Gasteiger partial charge in [0.15, 0.2) is 11.3 Å². The van der Waals surface area contributed by atoms with E-state index in [-0.39, 0.29) is 17.7 Å². The molecule has 0 spiro atoms. The minimum absolute atomic E-state index is 0.0946. The lowest BCUT2D eigenvalue weighted by Crippen LogP contribution is -2.35. The number of hydrogen-bond acceptors (Lipinski definition) is 7. The summed E-state index contributed by atoms with van der Waals surface area (Å²) in [7, 11) is 1.78. The average Bonchev–Trinajstić information content (AvgIpc) is 3.39. The van der Waals surface area contributed by atoms with Gasteiger partial charge in [-0.05, 0) is 12.5 Å². The first-order valence-electron chi connectivity index (χ1n) is 8.76. The maximum Gasteiger partial charge on any atom is 0.274 e. The van der Waals surface area contributed by atoms with Gasteiger partial charge in [0.2, 0.25) is 5.91 Å². The zero-order chi connectivity index (χ0) is 19.0. The van der Waals surface area contributed by atoms with E-state index in [9.17, 15) is 9.59 Å². The van der Waals surface area contributed by atoms with Gasteiger partial charge in [0, 0.05) is 44.2 Å². The molecule has 2 aromatic heterocycles. The first kappa shape index (κ1) is 17.5. The maximum atomic E-state index is 12.6.